The van der Waals surface area contributed by atoms with Crippen LogP contribution in [0.5, 0.6) is 0 Å². The van der Waals surface area contributed by atoms with Crippen LogP contribution in [0.15, 0.2) is 42.7 Å². The minimum Gasteiger partial charge on any atom is -0.364 e. The molecule has 4 rings (SSSR count). The summed E-state index contributed by atoms with van der Waals surface area (Å²) in [6.07, 6.45) is 4.03. The maximum Gasteiger partial charge on any atom is 0.233 e. The highest BCUT2D eigenvalue weighted by Gasteiger charge is 2.13. The van der Waals surface area contributed by atoms with Gasteiger partial charge in [0.25, 0.3) is 0 Å². The Labute approximate surface area is 192 Å². The summed E-state index contributed by atoms with van der Waals surface area (Å²) in [7, 11) is -3.44. The number of anilines is 4. The van der Waals surface area contributed by atoms with Crippen LogP contribution in [0, 0.1) is 0 Å². The van der Waals surface area contributed by atoms with Gasteiger partial charge in [-0.1, -0.05) is 23.7 Å². The lowest BCUT2D eigenvalue weighted by atomic mass is 10.0. The van der Waals surface area contributed by atoms with Crippen LogP contribution < -0.4 is 20.7 Å². The molecule has 32 heavy (non-hydrogen) atoms. The highest BCUT2D eigenvalue weighted by atomic mass is 35.5. The van der Waals surface area contributed by atoms with Crippen molar-refractivity contribution in [2.75, 3.05) is 27.7 Å². The van der Waals surface area contributed by atoms with Crippen molar-refractivity contribution in [2.45, 2.75) is 26.4 Å². The summed E-state index contributed by atoms with van der Waals surface area (Å²) in [5, 5.41) is 10.1. The number of aromatic nitrogens is 3. The lowest BCUT2D eigenvalue weighted by Crippen LogP contribution is -2.23. The third-order valence-corrected chi connectivity index (χ3v) is 6.60. The van der Waals surface area contributed by atoms with E-state index in [0.29, 0.717) is 22.4 Å². The van der Waals surface area contributed by atoms with E-state index in [1.54, 1.807) is 19.1 Å². The van der Waals surface area contributed by atoms with Crippen molar-refractivity contribution in [3.05, 3.63) is 64.4 Å². The van der Waals surface area contributed by atoms with Gasteiger partial charge in [-0.2, -0.15) is 4.98 Å². The largest absolute Gasteiger partial charge is 0.364 e. The summed E-state index contributed by atoms with van der Waals surface area (Å²) >= 11 is 6.28. The van der Waals surface area contributed by atoms with E-state index in [9.17, 15) is 8.42 Å². The van der Waals surface area contributed by atoms with Crippen molar-refractivity contribution in [3.63, 3.8) is 0 Å². The van der Waals surface area contributed by atoms with Gasteiger partial charge in [-0.15, -0.1) is 0 Å². The van der Waals surface area contributed by atoms with E-state index < -0.39 is 10.0 Å². The second-order valence-corrected chi connectivity index (χ2v) is 9.71. The van der Waals surface area contributed by atoms with Crippen LogP contribution in [0.4, 0.5) is 23.3 Å². The third-order valence-electron chi connectivity index (χ3n) is 5.06. The first-order valence-corrected chi connectivity index (χ1v) is 12.3. The maximum absolute atomic E-state index is 11.9. The number of pyridine rings is 1. The van der Waals surface area contributed by atoms with Gasteiger partial charge >= 0.3 is 0 Å². The molecule has 11 heteroatoms. The van der Waals surface area contributed by atoms with Crippen LogP contribution in [-0.2, 0) is 29.5 Å². The van der Waals surface area contributed by atoms with Crippen LogP contribution in [-0.4, -0.2) is 35.7 Å². The van der Waals surface area contributed by atoms with Crippen molar-refractivity contribution in [2.24, 2.45) is 0 Å². The quantitative estimate of drug-likeness (QED) is 0.393. The van der Waals surface area contributed by atoms with Gasteiger partial charge in [-0.05, 0) is 49.2 Å². The van der Waals surface area contributed by atoms with Gasteiger partial charge in [0.1, 0.15) is 10.8 Å². The Morgan fingerprint density at radius 2 is 2.03 bits per heavy atom. The zero-order valence-corrected chi connectivity index (χ0v) is 19.1. The number of nitrogens with zero attached hydrogens (tertiary/aromatic N) is 3. The number of halogens is 1. The number of rotatable bonds is 8. The van der Waals surface area contributed by atoms with Crippen LogP contribution in [0.2, 0.25) is 5.02 Å². The van der Waals surface area contributed by atoms with Gasteiger partial charge in [0, 0.05) is 30.5 Å². The molecule has 4 N–H and O–H groups in total. The van der Waals surface area contributed by atoms with Crippen LogP contribution in [0.25, 0.3) is 0 Å². The summed E-state index contributed by atoms with van der Waals surface area (Å²) in [4.78, 5) is 12.9. The zero-order valence-electron chi connectivity index (χ0n) is 17.5. The van der Waals surface area contributed by atoms with E-state index in [0.717, 1.165) is 25.2 Å². The number of benzene rings is 1. The average molecular weight is 474 g/mol. The van der Waals surface area contributed by atoms with Crippen molar-refractivity contribution in [1.29, 1.82) is 0 Å². The van der Waals surface area contributed by atoms with Crippen LogP contribution in [0.3, 0.4) is 0 Å². The first-order chi connectivity index (χ1) is 15.4. The topological polar surface area (TPSA) is 121 Å². The molecule has 3 heterocycles. The van der Waals surface area contributed by atoms with Crippen LogP contribution >= 0.6 is 11.6 Å². The van der Waals surface area contributed by atoms with E-state index in [1.165, 1.54) is 23.5 Å². The normalized spacial score (nSPS) is 13.3. The number of fused-ring (bicyclic) bond motifs is 1. The summed E-state index contributed by atoms with van der Waals surface area (Å²) in [5.41, 5.74) is 4.17. The minimum atomic E-state index is -3.44. The molecule has 0 unspecified atom stereocenters. The molecule has 0 fully saturated rings. The van der Waals surface area contributed by atoms with Crippen molar-refractivity contribution < 1.29 is 8.42 Å². The molecule has 0 saturated heterocycles. The van der Waals surface area contributed by atoms with E-state index in [4.69, 9.17) is 11.6 Å². The van der Waals surface area contributed by atoms with Gasteiger partial charge in [-0.3, -0.25) is 4.72 Å². The molecule has 0 spiro atoms. The summed E-state index contributed by atoms with van der Waals surface area (Å²) in [6.45, 7) is 3.69. The van der Waals surface area contributed by atoms with E-state index in [2.05, 4.69) is 47.8 Å². The Hall–Kier alpha value is -2.95. The van der Waals surface area contributed by atoms with Crippen LogP contribution in [0.1, 0.15) is 23.6 Å². The van der Waals surface area contributed by atoms with Gasteiger partial charge in [0.2, 0.25) is 16.0 Å². The molecule has 168 valence electrons. The van der Waals surface area contributed by atoms with E-state index in [-0.39, 0.29) is 18.1 Å². The predicted octanol–water partition coefficient (Wildman–Crippen LogP) is 3.29. The smallest absolute Gasteiger partial charge is 0.233 e. The molecular weight excluding hydrogens is 450 g/mol. The van der Waals surface area contributed by atoms with E-state index >= 15 is 0 Å². The maximum atomic E-state index is 11.9. The Kier molecular flexibility index (Phi) is 6.73. The number of hydrogen-bond donors (Lipinski definition) is 4. The fourth-order valence-corrected chi connectivity index (χ4v) is 4.09. The van der Waals surface area contributed by atoms with Crippen molar-refractivity contribution in [3.8, 4) is 0 Å². The molecule has 3 aromatic rings. The molecular formula is C21H24ClN7O2S. The fraction of sp³-hybridized carbons (Fsp3) is 0.286. The standard InChI is InChI=1S/C21H24ClN7O2S/c1-2-32(30,31)29-19-16(4-3-8-24-19)12-25-20-18(22)13-26-21(28-20)27-17-6-5-15-11-23-9-7-14(15)10-17/h3-6,8,10,13,23H,2,7,9,11-12H2,1H3,(H,24,29)(H2,25,26,27,28). The van der Waals surface area contributed by atoms with Gasteiger partial charge in [0.15, 0.2) is 5.82 Å². The molecule has 1 aromatic carbocycles. The fourth-order valence-electron chi connectivity index (χ4n) is 3.31. The van der Waals surface area contributed by atoms with Gasteiger partial charge in [-0.25, -0.2) is 18.4 Å². The number of sulfonamides is 1. The lowest BCUT2D eigenvalue weighted by Gasteiger charge is -2.18. The molecule has 1 aliphatic heterocycles. The molecule has 0 aliphatic carbocycles. The first kappa shape index (κ1) is 22.3. The molecule has 0 saturated carbocycles. The Morgan fingerprint density at radius 3 is 2.88 bits per heavy atom. The predicted molar refractivity (Wildman–Crippen MR) is 127 cm³/mol. The molecule has 0 radical (unpaired) electrons. The van der Waals surface area contributed by atoms with Gasteiger partial charge in [0.05, 0.1) is 11.9 Å². The zero-order chi connectivity index (χ0) is 22.6. The highest BCUT2D eigenvalue weighted by Crippen LogP contribution is 2.25. The second-order valence-electron chi connectivity index (χ2n) is 7.30. The summed E-state index contributed by atoms with van der Waals surface area (Å²) in [6, 6.07) is 9.73. The number of nitrogens with one attached hydrogen (secondary N) is 4. The van der Waals surface area contributed by atoms with Gasteiger partial charge < -0.3 is 16.0 Å². The van der Waals surface area contributed by atoms with E-state index in [1.807, 2.05) is 6.07 Å². The SMILES string of the molecule is CCS(=O)(=O)Nc1ncccc1CNc1nc(Nc2ccc3c(c2)CCNC3)ncc1Cl. The molecule has 0 bridgehead atoms. The molecule has 9 nitrogen and oxygen atoms in total. The highest BCUT2D eigenvalue weighted by molar-refractivity contribution is 7.92. The summed E-state index contributed by atoms with van der Waals surface area (Å²) in [5.74, 6) is 1.07. The van der Waals surface area contributed by atoms with Crippen molar-refractivity contribution >= 4 is 44.9 Å². The summed E-state index contributed by atoms with van der Waals surface area (Å²) < 4.78 is 26.4. The van der Waals surface area contributed by atoms with Crippen molar-refractivity contribution in [1.82, 2.24) is 20.3 Å². The third kappa shape index (κ3) is 5.45. The molecule has 0 atom stereocenters. The lowest BCUT2D eigenvalue weighted by molar-refractivity contribution is 0.602. The average Bonchev–Trinajstić information content (AvgIpc) is 2.80. The molecule has 2 aromatic heterocycles. The first-order valence-electron chi connectivity index (χ1n) is 10.2. The minimum absolute atomic E-state index is 0.0393. The Balaban J connectivity index is 1.48. The number of hydrogen-bond acceptors (Lipinski definition) is 8. The molecule has 1 aliphatic rings. The molecule has 0 amide bonds. The second kappa shape index (κ2) is 9.68. The Bertz CT molecular complexity index is 1220. The Morgan fingerprint density at radius 1 is 1.16 bits per heavy atom. The monoisotopic (exact) mass is 473 g/mol.